The van der Waals surface area contributed by atoms with Gasteiger partial charge in [0.1, 0.15) is 11.5 Å². The Hall–Kier alpha value is -3.16. The van der Waals surface area contributed by atoms with Gasteiger partial charge in [-0.05, 0) is 37.8 Å². The number of hydrogen-bond donors (Lipinski definition) is 2. The largest absolute Gasteiger partial charge is 0.490 e. The van der Waals surface area contributed by atoms with E-state index in [0.717, 1.165) is 12.1 Å². The van der Waals surface area contributed by atoms with Crippen LogP contribution in [0.2, 0.25) is 0 Å². The number of aromatic nitrogens is 1. The molecule has 0 radical (unpaired) electrons. The van der Waals surface area contributed by atoms with E-state index in [1.165, 1.54) is 18.9 Å². The summed E-state index contributed by atoms with van der Waals surface area (Å²) in [5, 5.41) is 4.88. The molecule has 204 valence electrons. The minimum Gasteiger partial charge on any atom is -0.437 e. The normalized spacial score (nSPS) is 24.7. The molecule has 2 amide bonds. The van der Waals surface area contributed by atoms with Crippen molar-refractivity contribution in [3.63, 3.8) is 0 Å². The zero-order valence-corrected chi connectivity index (χ0v) is 20.1. The fourth-order valence-electron chi connectivity index (χ4n) is 4.54. The highest BCUT2D eigenvalue weighted by molar-refractivity contribution is 5.95. The Morgan fingerprint density at radius 2 is 1.95 bits per heavy atom. The van der Waals surface area contributed by atoms with Crippen LogP contribution in [0.3, 0.4) is 0 Å². The first-order valence-electron chi connectivity index (χ1n) is 11.3. The number of esters is 1. The van der Waals surface area contributed by atoms with Crippen LogP contribution in [0.15, 0.2) is 24.8 Å². The van der Waals surface area contributed by atoms with E-state index in [0.29, 0.717) is 12.8 Å². The fourth-order valence-corrected chi connectivity index (χ4v) is 4.54. The van der Waals surface area contributed by atoms with Crippen LogP contribution in [-0.2, 0) is 25.3 Å². The van der Waals surface area contributed by atoms with Crippen LogP contribution in [0.25, 0.3) is 0 Å². The van der Waals surface area contributed by atoms with Crippen molar-refractivity contribution in [2.45, 2.75) is 63.1 Å². The van der Waals surface area contributed by atoms with E-state index in [1.807, 2.05) is 0 Å². The van der Waals surface area contributed by atoms with Crippen molar-refractivity contribution in [2.75, 3.05) is 18.9 Å². The molecular weight excluding hydrogens is 510 g/mol. The first-order chi connectivity index (χ1) is 17.0. The number of nitrogens with zero attached hydrogens (tertiary/aromatic N) is 2. The topological polar surface area (TPSA) is 101 Å². The number of nitrogens with one attached hydrogen (secondary N) is 2. The van der Waals surface area contributed by atoms with Gasteiger partial charge < -0.3 is 15.0 Å². The van der Waals surface area contributed by atoms with Crippen LogP contribution in [0, 0.1) is 12.3 Å². The van der Waals surface area contributed by atoms with E-state index in [-0.39, 0.29) is 43.1 Å². The summed E-state index contributed by atoms with van der Waals surface area (Å²) in [5.41, 5.74) is -4.08. The number of amides is 2. The zero-order chi connectivity index (χ0) is 27.8. The smallest absolute Gasteiger partial charge is 0.437 e. The maximum Gasteiger partial charge on any atom is 0.490 e. The third-order valence-electron chi connectivity index (χ3n) is 6.53. The van der Waals surface area contributed by atoms with Crippen LogP contribution in [0.4, 0.5) is 32.2 Å². The van der Waals surface area contributed by atoms with Crippen molar-refractivity contribution in [3.8, 4) is 0 Å². The van der Waals surface area contributed by atoms with E-state index in [1.54, 1.807) is 6.08 Å². The van der Waals surface area contributed by atoms with Gasteiger partial charge in [0.05, 0.1) is 6.04 Å². The highest BCUT2D eigenvalue weighted by Gasteiger charge is 2.77. The Labute approximate surface area is 208 Å². The number of unbranched alkanes of at least 4 members (excludes halogenated alkanes) is 1. The number of anilines is 1. The van der Waals surface area contributed by atoms with E-state index < -0.39 is 47.1 Å². The van der Waals surface area contributed by atoms with Crippen molar-refractivity contribution in [2.24, 2.45) is 5.41 Å². The second kappa shape index (κ2) is 9.95. The maximum absolute atomic E-state index is 13.0. The zero-order valence-electron chi connectivity index (χ0n) is 20.1. The second-order valence-electron chi connectivity index (χ2n) is 9.35. The molecule has 14 heteroatoms. The van der Waals surface area contributed by atoms with E-state index in [2.05, 4.69) is 22.2 Å². The van der Waals surface area contributed by atoms with Gasteiger partial charge in [-0.1, -0.05) is 12.1 Å². The predicted octanol–water partition coefficient (Wildman–Crippen LogP) is 3.72. The molecule has 1 aliphatic carbocycles. The molecule has 1 aliphatic heterocycles. The molecule has 2 heterocycles. The number of allylic oxidation sites excluding steroid dienone is 1. The molecular formula is C23H26F6N4O4. The number of aryl methyl sites for hydroxylation is 1. The molecule has 0 spiro atoms. The summed E-state index contributed by atoms with van der Waals surface area (Å²) in [7, 11) is 1.45. The van der Waals surface area contributed by atoms with Crippen LogP contribution in [-0.4, -0.2) is 59.2 Å². The summed E-state index contributed by atoms with van der Waals surface area (Å²) < 4.78 is 82.7. The van der Waals surface area contributed by atoms with Crippen molar-refractivity contribution in [3.05, 3.63) is 36.0 Å². The molecule has 0 aromatic carbocycles. The van der Waals surface area contributed by atoms with E-state index in [4.69, 9.17) is 4.74 Å². The standard InChI is InChI=1S/C23H26F6N4O4/c1-4-5-6-7-16(34)33(3)12-20-10-14(32-21(20,11-20)37-19(36)23(27,28)29)18(35)31-17-13(2)8-9-15(30-17)22(24,25)26/h4,8-9,14,32H,1,5-7,10-12H2,2-3H3,(H,30,31,35)/t14-,20+,21+/m0/s1. The van der Waals surface area contributed by atoms with Gasteiger partial charge >= 0.3 is 18.3 Å². The summed E-state index contributed by atoms with van der Waals surface area (Å²) in [4.78, 5) is 41.7. The molecule has 37 heavy (non-hydrogen) atoms. The quantitative estimate of drug-likeness (QED) is 0.216. The highest BCUT2D eigenvalue weighted by Crippen LogP contribution is 2.64. The molecule has 1 saturated heterocycles. The number of halogens is 6. The van der Waals surface area contributed by atoms with Gasteiger partial charge in [0.15, 0.2) is 5.72 Å². The Bertz CT molecular complexity index is 1090. The summed E-state index contributed by atoms with van der Waals surface area (Å²) >= 11 is 0. The molecule has 2 aliphatic rings. The van der Waals surface area contributed by atoms with E-state index in [9.17, 15) is 40.7 Å². The van der Waals surface area contributed by atoms with E-state index >= 15 is 0 Å². The number of pyridine rings is 1. The number of carbonyl (C=O) groups is 3. The fraction of sp³-hybridized carbons (Fsp3) is 0.565. The summed E-state index contributed by atoms with van der Waals surface area (Å²) in [6.45, 7) is 4.88. The number of piperidine rings is 1. The molecule has 1 aromatic rings. The van der Waals surface area contributed by atoms with Crippen molar-refractivity contribution < 1.29 is 45.5 Å². The number of rotatable bonds is 9. The minimum atomic E-state index is -5.30. The Balaban J connectivity index is 1.79. The van der Waals surface area contributed by atoms with Gasteiger partial charge in [-0.3, -0.25) is 14.9 Å². The number of ether oxygens (including phenoxy) is 1. The molecule has 2 N–H and O–H groups in total. The lowest BCUT2D eigenvalue weighted by atomic mass is 9.97. The van der Waals surface area contributed by atoms with Gasteiger partial charge in [-0.25, -0.2) is 9.78 Å². The summed E-state index contributed by atoms with van der Waals surface area (Å²) in [6, 6.07) is 0.637. The molecule has 1 saturated carbocycles. The summed E-state index contributed by atoms with van der Waals surface area (Å²) in [6.07, 6.45) is -7.38. The van der Waals surface area contributed by atoms with Gasteiger partial charge in [0.25, 0.3) is 0 Å². The van der Waals surface area contributed by atoms with Crippen LogP contribution in [0.1, 0.15) is 43.4 Å². The minimum absolute atomic E-state index is 0.0866. The van der Waals surface area contributed by atoms with Gasteiger partial charge in [0.2, 0.25) is 11.8 Å². The number of alkyl halides is 6. The lowest BCUT2D eigenvalue weighted by Gasteiger charge is -2.25. The predicted molar refractivity (Wildman–Crippen MR) is 118 cm³/mol. The average molecular weight is 536 g/mol. The molecule has 3 rings (SSSR count). The molecule has 2 fully saturated rings. The molecule has 1 aromatic heterocycles. The van der Waals surface area contributed by atoms with Crippen LogP contribution < -0.4 is 10.6 Å². The third kappa shape index (κ3) is 6.05. The van der Waals surface area contributed by atoms with Gasteiger partial charge in [0, 0.05) is 31.8 Å². The number of fused-ring (bicyclic) bond motifs is 1. The van der Waals surface area contributed by atoms with Crippen molar-refractivity contribution >= 4 is 23.6 Å². The average Bonchev–Trinajstić information content (AvgIpc) is 3.25. The Kier molecular flexibility index (Phi) is 7.64. The molecule has 0 bridgehead atoms. The molecule has 3 atom stereocenters. The summed E-state index contributed by atoms with van der Waals surface area (Å²) in [5.74, 6) is -4.00. The lowest BCUT2D eigenvalue weighted by molar-refractivity contribution is -0.210. The Morgan fingerprint density at radius 1 is 1.27 bits per heavy atom. The first-order valence-corrected chi connectivity index (χ1v) is 11.3. The maximum atomic E-state index is 13.0. The highest BCUT2D eigenvalue weighted by atomic mass is 19.4. The van der Waals surface area contributed by atoms with Crippen LogP contribution in [0.5, 0.6) is 0 Å². The molecule has 8 nitrogen and oxygen atoms in total. The SMILES string of the molecule is C=CCCCC(=O)N(C)C[C@]12C[C@@H](C(=O)Nc3nc(C(F)(F)F)ccc3C)N[C@@]1(OC(=O)C(F)(F)F)C2. The Morgan fingerprint density at radius 3 is 2.54 bits per heavy atom. The second-order valence-corrected chi connectivity index (χ2v) is 9.35. The lowest BCUT2D eigenvalue weighted by Crippen LogP contribution is -2.47. The number of carbonyl (C=O) groups excluding carboxylic acids is 3. The van der Waals surface area contributed by atoms with Crippen LogP contribution >= 0.6 is 0 Å². The van der Waals surface area contributed by atoms with Crippen molar-refractivity contribution in [1.82, 2.24) is 15.2 Å². The number of hydrogen-bond acceptors (Lipinski definition) is 6. The first kappa shape index (κ1) is 28.4. The van der Waals surface area contributed by atoms with Gasteiger partial charge in [-0.2, -0.15) is 26.3 Å². The van der Waals surface area contributed by atoms with Crippen molar-refractivity contribution in [1.29, 1.82) is 0 Å². The van der Waals surface area contributed by atoms with Gasteiger partial charge in [-0.15, -0.1) is 6.58 Å². The molecule has 0 unspecified atom stereocenters. The monoisotopic (exact) mass is 536 g/mol. The third-order valence-corrected chi connectivity index (χ3v) is 6.53.